The van der Waals surface area contributed by atoms with Crippen molar-refractivity contribution in [1.82, 2.24) is 9.88 Å². The van der Waals surface area contributed by atoms with Gasteiger partial charge in [0.2, 0.25) is 0 Å². The van der Waals surface area contributed by atoms with Crippen molar-refractivity contribution in [1.29, 1.82) is 0 Å². The molecule has 5 heteroatoms. The van der Waals surface area contributed by atoms with Crippen molar-refractivity contribution in [2.45, 2.75) is 65.5 Å². The summed E-state index contributed by atoms with van der Waals surface area (Å²) in [6.45, 7) is 12.5. The summed E-state index contributed by atoms with van der Waals surface area (Å²) in [5.74, 6) is 0. The molecule has 1 saturated heterocycles. The maximum absolute atomic E-state index is 12.2. The fourth-order valence-corrected chi connectivity index (χ4v) is 3.28. The summed E-state index contributed by atoms with van der Waals surface area (Å²) in [5.41, 5.74) is 1.95. The molecule has 0 aromatic carbocycles. The number of pyridine rings is 1. The Hall–Kier alpha value is -1.78. The first-order valence-corrected chi connectivity index (χ1v) is 9.04. The molecular weight excluding hydrogens is 302 g/mol. The van der Waals surface area contributed by atoms with Crippen molar-refractivity contribution in [2.24, 2.45) is 0 Å². The van der Waals surface area contributed by atoms with Gasteiger partial charge in [0.1, 0.15) is 5.60 Å². The Labute approximate surface area is 146 Å². The first kappa shape index (κ1) is 18.6. The van der Waals surface area contributed by atoms with Gasteiger partial charge in [-0.25, -0.2) is 4.79 Å². The molecule has 1 aliphatic rings. The molecule has 0 bridgehead atoms. The van der Waals surface area contributed by atoms with E-state index in [2.05, 4.69) is 29.8 Å². The summed E-state index contributed by atoms with van der Waals surface area (Å²) in [6.07, 6.45) is 4.53. The molecule has 1 aliphatic heterocycles. The molecule has 1 amide bonds. The number of carbonyl (C=O) groups is 1. The molecule has 134 valence electrons. The van der Waals surface area contributed by atoms with Crippen molar-refractivity contribution in [3.8, 4) is 0 Å². The average molecular weight is 333 g/mol. The number of rotatable bonds is 4. The number of anilines is 1. The number of piperidine rings is 1. The van der Waals surface area contributed by atoms with E-state index in [0.717, 1.165) is 44.6 Å². The number of aryl methyl sites for hydroxylation is 1. The summed E-state index contributed by atoms with van der Waals surface area (Å²) in [6, 6.07) is 4.62. The second kappa shape index (κ2) is 7.86. The summed E-state index contributed by atoms with van der Waals surface area (Å²) in [5, 5.41) is 0. The fraction of sp³-hybridized carbons (Fsp3) is 0.684. The summed E-state index contributed by atoms with van der Waals surface area (Å²) >= 11 is 0. The zero-order chi connectivity index (χ0) is 17.7. The predicted molar refractivity (Wildman–Crippen MR) is 97.5 cm³/mol. The molecule has 1 aromatic heterocycles. The van der Waals surface area contributed by atoms with Crippen molar-refractivity contribution in [3.05, 3.63) is 24.0 Å². The van der Waals surface area contributed by atoms with Crippen LogP contribution in [0.1, 0.15) is 53.2 Å². The molecule has 2 heterocycles. The number of aromatic nitrogens is 1. The van der Waals surface area contributed by atoms with Gasteiger partial charge in [0, 0.05) is 31.9 Å². The van der Waals surface area contributed by atoms with Gasteiger partial charge in [0.25, 0.3) is 0 Å². The van der Waals surface area contributed by atoms with Crippen LogP contribution in [0.25, 0.3) is 0 Å². The second-order valence-corrected chi connectivity index (χ2v) is 7.31. The third-order valence-corrected chi connectivity index (χ3v) is 4.41. The van der Waals surface area contributed by atoms with Crippen molar-refractivity contribution in [3.63, 3.8) is 0 Å². The first-order chi connectivity index (χ1) is 11.4. The lowest BCUT2D eigenvalue weighted by molar-refractivity contribution is 0.0205. The smallest absolute Gasteiger partial charge is 0.410 e. The molecule has 5 nitrogen and oxygen atoms in total. The molecule has 1 aromatic rings. The maximum atomic E-state index is 12.2. The van der Waals surface area contributed by atoms with E-state index in [1.54, 1.807) is 0 Å². The van der Waals surface area contributed by atoms with E-state index in [4.69, 9.17) is 4.74 Å². The van der Waals surface area contributed by atoms with E-state index in [1.165, 1.54) is 5.69 Å². The SMILES string of the molecule is CCc1ncccc1N(CC)C1CCN(C(=O)OC(C)(C)C)CC1. The van der Waals surface area contributed by atoms with Crippen LogP contribution in [0.4, 0.5) is 10.5 Å². The number of amides is 1. The Kier molecular flexibility index (Phi) is 6.08. The molecule has 0 unspecified atom stereocenters. The lowest BCUT2D eigenvalue weighted by Crippen LogP contribution is -2.48. The topological polar surface area (TPSA) is 45.7 Å². The molecule has 0 atom stereocenters. The van der Waals surface area contributed by atoms with Gasteiger partial charge in [-0.1, -0.05) is 6.92 Å². The Morgan fingerprint density at radius 2 is 2.00 bits per heavy atom. The van der Waals surface area contributed by atoms with Gasteiger partial charge in [-0.15, -0.1) is 0 Å². The van der Waals surface area contributed by atoms with Gasteiger partial charge >= 0.3 is 6.09 Å². The van der Waals surface area contributed by atoms with Crippen molar-refractivity contribution in [2.75, 3.05) is 24.5 Å². The van der Waals surface area contributed by atoms with Crippen LogP contribution in [-0.2, 0) is 11.2 Å². The third-order valence-electron chi connectivity index (χ3n) is 4.41. The molecular formula is C19H31N3O2. The highest BCUT2D eigenvalue weighted by Crippen LogP contribution is 2.26. The Bertz CT molecular complexity index is 546. The van der Waals surface area contributed by atoms with Crippen molar-refractivity contribution >= 4 is 11.8 Å². The molecule has 2 rings (SSSR count). The van der Waals surface area contributed by atoms with E-state index < -0.39 is 5.60 Å². The van der Waals surface area contributed by atoms with Crippen LogP contribution in [0.3, 0.4) is 0 Å². The fourth-order valence-electron chi connectivity index (χ4n) is 3.28. The van der Waals surface area contributed by atoms with E-state index >= 15 is 0 Å². The van der Waals surface area contributed by atoms with Crippen LogP contribution >= 0.6 is 0 Å². The van der Waals surface area contributed by atoms with Gasteiger partial charge in [0.05, 0.1) is 11.4 Å². The third kappa shape index (κ3) is 4.62. The van der Waals surface area contributed by atoms with Crippen molar-refractivity contribution < 1.29 is 9.53 Å². The van der Waals surface area contributed by atoms with Crippen LogP contribution in [-0.4, -0.2) is 47.3 Å². The largest absolute Gasteiger partial charge is 0.444 e. The predicted octanol–water partition coefficient (Wildman–Crippen LogP) is 3.87. The number of likely N-dealkylation sites (tertiary alicyclic amines) is 1. The minimum Gasteiger partial charge on any atom is -0.444 e. The maximum Gasteiger partial charge on any atom is 0.410 e. The number of carbonyl (C=O) groups excluding carboxylic acids is 1. The van der Waals surface area contributed by atoms with E-state index in [9.17, 15) is 4.79 Å². The van der Waals surface area contributed by atoms with E-state index in [1.807, 2.05) is 37.9 Å². The molecule has 24 heavy (non-hydrogen) atoms. The zero-order valence-corrected chi connectivity index (χ0v) is 15.7. The Morgan fingerprint density at radius 3 is 2.54 bits per heavy atom. The Morgan fingerprint density at radius 1 is 1.33 bits per heavy atom. The highest BCUT2D eigenvalue weighted by molar-refractivity contribution is 5.68. The van der Waals surface area contributed by atoms with E-state index in [-0.39, 0.29) is 6.09 Å². The lowest BCUT2D eigenvalue weighted by Gasteiger charge is -2.40. The summed E-state index contributed by atoms with van der Waals surface area (Å²) in [7, 11) is 0. The molecule has 0 saturated carbocycles. The Balaban J connectivity index is 2.01. The van der Waals surface area contributed by atoms with Gasteiger partial charge < -0.3 is 14.5 Å². The quantitative estimate of drug-likeness (QED) is 0.839. The highest BCUT2D eigenvalue weighted by atomic mass is 16.6. The summed E-state index contributed by atoms with van der Waals surface area (Å²) in [4.78, 5) is 21.0. The average Bonchev–Trinajstić information content (AvgIpc) is 2.55. The number of hydrogen-bond acceptors (Lipinski definition) is 4. The van der Waals surface area contributed by atoms with Crippen LogP contribution < -0.4 is 4.90 Å². The van der Waals surface area contributed by atoms with Gasteiger partial charge in [-0.3, -0.25) is 4.98 Å². The van der Waals surface area contributed by atoms with Gasteiger partial charge in [-0.05, 0) is 59.1 Å². The molecule has 0 radical (unpaired) electrons. The highest BCUT2D eigenvalue weighted by Gasteiger charge is 2.29. The normalized spacial score (nSPS) is 16.1. The van der Waals surface area contributed by atoms with Crippen LogP contribution in [0.2, 0.25) is 0 Å². The number of ether oxygens (including phenoxy) is 1. The monoisotopic (exact) mass is 333 g/mol. The molecule has 0 spiro atoms. The van der Waals surface area contributed by atoms with Crippen LogP contribution in [0.15, 0.2) is 18.3 Å². The number of hydrogen-bond donors (Lipinski definition) is 0. The van der Waals surface area contributed by atoms with Crippen LogP contribution in [0.5, 0.6) is 0 Å². The van der Waals surface area contributed by atoms with E-state index in [0.29, 0.717) is 6.04 Å². The van der Waals surface area contributed by atoms with Gasteiger partial charge in [-0.2, -0.15) is 0 Å². The number of nitrogens with zero attached hydrogens (tertiary/aromatic N) is 3. The van der Waals surface area contributed by atoms with Gasteiger partial charge in [0.15, 0.2) is 0 Å². The minimum atomic E-state index is -0.435. The van der Waals surface area contributed by atoms with Crippen LogP contribution in [0, 0.1) is 0 Å². The molecule has 0 aliphatic carbocycles. The summed E-state index contributed by atoms with van der Waals surface area (Å²) < 4.78 is 5.48. The lowest BCUT2D eigenvalue weighted by atomic mass is 10.0. The molecule has 0 N–H and O–H groups in total. The zero-order valence-electron chi connectivity index (χ0n) is 15.7. The minimum absolute atomic E-state index is 0.195. The standard InChI is InChI=1S/C19H31N3O2/c1-6-16-17(9-8-12-20-16)22(7-2)15-10-13-21(14-11-15)18(23)24-19(3,4)5/h8-9,12,15H,6-7,10-11,13-14H2,1-5H3. The molecule has 1 fully saturated rings. The first-order valence-electron chi connectivity index (χ1n) is 9.04. The second-order valence-electron chi connectivity index (χ2n) is 7.31.